The highest BCUT2D eigenvalue weighted by molar-refractivity contribution is 5.85. The summed E-state index contributed by atoms with van der Waals surface area (Å²) in [6, 6.07) is 20.2. The van der Waals surface area contributed by atoms with E-state index in [1.807, 2.05) is 73.7 Å². The minimum Gasteiger partial charge on any atom is -0.445 e. The van der Waals surface area contributed by atoms with Crippen molar-refractivity contribution in [1.29, 1.82) is 5.26 Å². The van der Waals surface area contributed by atoms with Gasteiger partial charge in [0.25, 0.3) is 0 Å². The zero-order valence-corrected chi connectivity index (χ0v) is 23.4. The molecule has 0 aromatic heterocycles. The van der Waals surface area contributed by atoms with Crippen molar-refractivity contribution in [2.24, 2.45) is 5.41 Å². The van der Waals surface area contributed by atoms with Gasteiger partial charge < -0.3 is 15.0 Å². The Morgan fingerprint density at radius 1 is 1.05 bits per heavy atom. The van der Waals surface area contributed by atoms with Crippen LogP contribution in [0.5, 0.6) is 0 Å². The number of likely N-dealkylation sites (tertiary alicyclic amines) is 1. The molecule has 4 fully saturated rings. The van der Waals surface area contributed by atoms with E-state index in [0.29, 0.717) is 38.5 Å². The van der Waals surface area contributed by atoms with Gasteiger partial charge in [0.2, 0.25) is 11.8 Å². The fourth-order valence-corrected chi connectivity index (χ4v) is 6.72. The molecule has 8 nitrogen and oxygen atoms in total. The Balaban J connectivity index is 1.31. The molecule has 216 valence electrons. The van der Waals surface area contributed by atoms with E-state index >= 15 is 0 Å². The lowest BCUT2D eigenvalue weighted by atomic mass is 9.56. The fourth-order valence-electron chi connectivity index (χ4n) is 6.72. The van der Waals surface area contributed by atoms with Crippen LogP contribution in [0.3, 0.4) is 0 Å². The summed E-state index contributed by atoms with van der Waals surface area (Å²) in [5.41, 5.74) is 0.700. The molecule has 2 bridgehead atoms. The predicted octanol–water partition coefficient (Wildman–Crippen LogP) is 5.06. The van der Waals surface area contributed by atoms with Crippen LogP contribution in [0.4, 0.5) is 9.18 Å². The summed E-state index contributed by atoms with van der Waals surface area (Å²) >= 11 is 0. The van der Waals surface area contributed by atoms with Crippen LogP contribution in [-0.4, -0.2) is 58.5 Å². The molecular weight excluding hydrogens is 523 g/mol. The first-order valence-corrected chi connectivity index (χ1v) is 14.4. The number of nitrogens with zero attached hydrogens (tertiary/aromatic N) is 3. The highest BCUT2D eigenvalue weighted by atomic mass is 19.1. The van der Waals surface area contributed by atoms with Crippen LogP contribution < -0.4 is 5.32 Å². The molecule has 6 rings (SSSR count). The van der Waals surface area contributed by atoms with Crippen LogP contribution in [0, 0.1) is 16.7 Å². The van der Waals surface area contributed by atoms with Crippen molar-refractivity contribution in [1.82, 2.24) is 15.1 Å². The van der Waals surface area contributed by atoms with Crippen molar-refractivity contribution in [3.8, 4) is 6.07 Å². The molecule has 1 heterocycles. The molecule has 1 N–H and O–H groups in total. The van der Waals surface area contributed by atoms with E-state index in [0.717, 1.165) is 11.1 Å². The second kappa shape index (κ2) is 11.9. The molecule has 1 aliphatic heterocycles. The van der Waals surface area contributed by atoms with E-state index in [-0.39, 0.29) is 38.1 Å². The molecule has 3 aliphatic carbocycles. The molecule has 2 aromatic rings. The number of alkyl halides is 1. The number of carbonyl (C=O) groups excluding carboxylic acids is 3. The van der Waals surface area contributed by atoms with E-state index in [4.69, 9.17) is 4.74 Å². The van der Waals surface area contributed by atoms with Gasteiger partial charge in [0, 0.05) is 17.4 Å². The SMILES string of the molecule is CC(NC(=O)C12CCC(N(CC(=O)N3C[C@@H](F)C[C@H]3C#N)C(=O)OCc3ccccc3)(CC1)CC2)c1ccccc1. The molecule has 0 radical (unpaired) electrons. The molecule has 1 unspecified atom stereocenters. The average molecular weight is 561 g/mol. The lowest BCUT2D eigenvalue weighted by Gasteiger charge is -2.56. The number of benzene rings is 2. The Morgan fingerprint density at radius 3 is 2.27 bits per heavy atom. The van der Waals surface area contributed by atoms with Gasteiger partial charge in [-0.2, -0.15) is 5.26 Å². The van der Waals surface area contributed by atoms with E-state index in [9.17, 15) is 24.0 Å². The van der Waals surface area contributed by atoms with Crippen LogP contribution in [0.1, 0.15) is 69.0 Å². The molecule has 3 atom stereocenters. The smallest absolute Gasteiger partial charge is 0.411 e. The van der Waals surface area contributed by atoms with Crippen molar-refractivity contribution >= 4 is 17.9 Å². The second-order valence-corrected chi connectivity index (χ2v) is 11.8. The number of carbonyl (C=O) groups is 3. The third-order valence-electron chi connectivity index (χ3n) is 9.35. The zero-order valence-electron chi connectivity index (χ0n) is 23.4. The molecule has 3 saturated carbocycles. The number of nitrogens with one attached hydrogen (secondary N) is 1. The van der Waals surface area contributed by atoms with Crippen LogP contribution in [-0.2, 0) is 20.9 Å². The Kier molecular flexibility index (Phi) is 8.30. The van der Waals surface area contributed by atoms with Gasteiger partial charge in [-0.15, -0.1) is 0 Å². The molecule has 0 spiro atoms. The number of amides is 3. The highest BCUT2D eigenvalue weighted by Gasteiger charge is 2.56. The number of hydrogen-bond acceptors (Lipinski definition) is 5. The van der Waals surface area contributed by atoms with E-state index in [1.165, 1.54) is 9.80 Å². The summed E-state index contributed by atoms with van der Waals surface area (Å²) in [6.07, 6.45) is 1.55. The Morgan fingerprint density at radius 2 is 1.66 bits per heavy atom. The summed E-state index contributed by atoms with van der Waals surface area (Å²) in [7, 11) is 0. The summed E-state index contributed by atoms with van der Waals surface area (Å²) in [5, 5.41) is 12.7. The monoisotopic (exact) mass is 560 g/mol. The van der Waals surface area contributed by atoms with Crippen molar-refractivity contribution in [2.45, 2.75) is 82.3 Å². The highest BCUT2D eigenvalue weighted by Crippen LogP contribution is 2.55. The first-order valence-electron chi connectivity index (χ1n) is 14.4. The summed E-state index contributed by atoms with van der Waals surface area (Å²) < 4.78 is 19.8. The Bertz CT molecular complexity index is 1270. The van der Waals surface area contributed by atoms with Crippen molar-refractivity contribution in [2.75, 3.05) is 13.1 Å². The Hall–Kier alpha value is -3.93. The molecule has 3 amide bonds. The number of rotatable bonds is 8. The molecular formula is C32H37FN4O4. The lowest BCUT2D eigenvalue weighted by molar-refractivity contribution is -0.145. The fraction of sp³-hybridized carbons (Fsp3) is 0.500. The average Bonchev–Trinajstić information content (AvgIpc) is 3.41. The van der Waals surface area contributed by atoms with Gasteiger partial charge in [-0.25, -0.2) is 9.18 Å². The molecule has 41 heavy (non-hydrogen) atoms. The molecule has 9 heteroatoms. The minimum absolute atomic E-state index is 0.0229. The van der Waals surface area contributed by atoms with Crippen molar-refractivity contribution in [3.63, 3.8) is 0 Å². The van der Waals surface area contributed by atoms with E-state index < -0.39 is 35.2 Å². The van der Waals surface area contributed by atoms with Gasteiger partial charge in [-0.3, -0.25) is 14.5 Å². The topological polar surface area (TPSA) is 103 Å². The van der Waals surface area contributed by atoms with Crippen LogP contribution in [0.15, 0.2) is 60.7 Å². The standard InChI is InChI=1S/C32H37FN4O4/c1-23(25-10-6-3-7-11-25)35-29(39)31-12-15-32(16-13-31,17-14-31)37(30(40)41-22-24-8-4-2-5-9-24)21-28(38)36-20-26(33)18-27(36)19-34/h2-11,23,26-27H,12-18,20-22H2,1H3,(H,35,39)/t23?,26-,27-,31?,32?/m0/s1. The van der Waals surface area contributed by atoms with Crippen molar-refractivity contribution in [3.05, 3.63) is 71.8 Å². The van der Waals surface area contributed by atoms with Crippen LogP contribution in [0.2, 0.25) is 0 Å². The number of hydrogen-bond donors (Lipinski definition) is 1. The number of nitriles is 1. The van der Waals surface area contributed by atoms with Gasteiger partial charge >= 0.3 is 6.09 Å². The summed E-state index contributed by atoms with van der Waals surface area (Å²) in [4.78, 5) is 43.3. The molecule has 4 aliphatic rings. The summed E-state index contributed by atoms with van der Waals surface area (Å²) in [6.45, 7) is 1.59. The third kappa shape index (κ3) is 5.92. The largest absolute Gasteiger partial charge is 0.445 e. The molecule has 2 aromatic carbocycles. The maximum Gasteiger partial charge on any atom is 0.411 e. The number of ether oxygens (including phenoxy) is 1. The minimum atomic E-state index is -1.26. The number of halogens is 1. The van der Waals surface area contributed by atoms with Gasteiger partial charge in [-0.1, -0.05) is 60.7 Å². The van der Waals surface area contributed by atoms with Crippen molar-refractivity contribution < 1.29 is 23.5 Å². The normalized spacial score (nSPS) is 27.5. The van der Waals surface area contributed by atoms with Gasteiger partial charge in [0.15, 0.2) is 0 Å². The zero-order chi connectivity index (χ0) is 29.0. The van der Waals surface area contributed by atoms with Crippen LogP contribution in [0.25, 0.3) is 0 Å². The second-order valence-electron chi connectivity index (χ2n) is 11.8. The first kappa shape index (κ1) is 28.6. The van der Waals surface area contributed by atoms with E-state index in [2.05, 4.69) is 5.32 Å². The first-order chi connectivity index (χ1) is 19.7. The van der Waals surface area contributed by atoms with E-state index in [1.54, 1.807) is 0 Å². The van der Waals surface area contributed by atoms with Crippen LogP contribution >= 0.6 is 0 Å². The Labute approximate surface area is 240 Å². The van der Waals surface area contributed by atoms with Gasteiger partial charge in [-0.05, 0) is 56.6 Å². The van der Waals surface area contributed by atoms with Gasteiger partial charge in [0.05, 0.1) is 18.7 Å². The molecule has 1 saturated heterocycles. The maximum atomic E-state index is 14.1. The number of fused-ring (bicyclic) bond motifs is 3. The maximum absolute atomic E-state index is 14.1. The third-order valence-corrected chi connectivity index (χ3v) is 9.35. The lowest BCUT2D eigenvalue weighted by Crippen LogP contribution is -2.63. The predicted molar refractivity (Wildman–Crippen MR) is 150 cm³/mol. The quantitative estimate of drug-likeness (QED) is 0.486. The summed E-state index contributed by atoms with van der Waals surface area (Å²) in [5.74, 6) is -0.432. The van der Waals surface area contributed by atoms with Gasteiger partial charge in [0.1, 0.15) is 25.4 Å².